The lowest BCUT2D eigenvalue weighted by atomic mass is 10.1. The maximum atomic E-state index is 12.4. The lowest BCUT2D eigenvalue weighted by molar-refractivity contribution is -0.131. The Morgan fingerprint density at radius 1 is 1.21 bits per heavy atom. The molecule has 1 aliphatic heterocycles. The Balaban J connectivity index is 1.38. The lowest BCUT2D eigenvalue weighted by Crippen LogP contribution is -2.50. The van der Waals surface area contributed by atoms with E-state index in [0.717, 1.165) is 22.2 Å². The molecule has 2 aromatic rings. The van der Waals surface area contributed by atoms with Crippen LogP contribution in [0.4, 0.5) is 5.13 Å². The average Bonchev–Trinajstić information content (AvgIpc) is 3.34. The molecular formula is C17H17N5OS. The zero-order valence-electron chi connectivity index (χ0n) is 13.2. The van der Waals surface area contributed by atoms with E-state index < -0.39 is 0 Å². The fourth-order valence-corrected chi connectivity index (χ4v) is 3.83. The number of carbonyl (C=O) groups is 1. The van der Waals surface area contributed by atoms with Gasteiger partial charge < -0.3 is 9.80 Å². The van der Waals surface area contributed by atoms with Crippen molar-refractivity contribution in [2.24, 2.45) is 0 Å². The number of amides is 1. The molecule has 0 bridgehead atoms. The van der Waals surface area contributed by atoms with Crippen molar-refractivity contribution in [3.8, 4) is 6.07 Å². The summed E-state index contributed by atoms with van der Waals surface area (Å²) < 4.78 is 0. The van der Waals surface area contributed by atoms with Crippen molar-refractivity contribution in [1.82, 2.24) is 15.1 Å². The van der Waals surface area contributed by atoms with E-state index in [2.05, 4.69) is 16.3 Å². The van der Waals surface area contributed by atoms with Crippen LogP contribution in [0.2, 0.25) is 0 Å². The van der Waals surface area contributed by atoms with Crippen molar-refractivity contribution in [3.63, 3.8) is 0 Å². The molecule has 7 heteroatoms. The number of carbonyl (C=O) groups excluding carboxylic acids is 1. The largest absolute Gasteiger partial charge is 0.336 e. The van der Waals surface area contributed by atoms with Gasteiger partial charge in [0.25, 0.3) is 0 Å². The van der Waals surface area contributed by atoms with Crippen molar-refractivity contribution in [2.45, 2.75) is 25.3 Å². The predicted molar refractivity (Wildman–Crippen MR) is 90.7 cm³/mol. The summed E-state index contributed by atoms with van der Waals surface area (Å²) in [6, 6.07) is 9.50. The molecule has 2 heterocycles. The van der Waals surface area contributed by atoms with Crippen molar-refractivity contribution in [3.05, 3.63) is 40.4 Å². The number of hydrogen-bond acceptors (Lipinski definition) is 6. The van der Waals surface area contributed by atoms with Crippen LogP contribution in [-0.4, -0.2) is 40.6 Å². The summed E-state index contributed by atoms with van der Waals surface area (Å²) in [5, 5.41) is 19.3. The van der Waals surface area contributed by atoms with Gasteiger partial charge in [0, 0.05) is 25.6 Å². The molecule has 1 saturated heterocycles. The monoisotopic (exact) mass is 339 g/mol. The number of aromatic nitrogens is 2. The SMILES string of the molecule is N#Cc1ccc(CN2CCN(c3nnc(C4CC4)s3)CC2=O)cc1. The third-order valence-corrected chi connectivity index (χ3v) is 5.55. The molecule has 0 atom stereocenters. The molecule has 0 N–H and O–H groups in total. The highest BCUT2D eigenvalue weighted by Gasteiger charge is 2.30. The second kappa shape index (κ2) is 6.21. The van der Waals surface area contributed by atoms with Gasteiger partial charge in [0.15, 0.2) is 0 Å². The van der Waals surface area contributed by atoms with Gasteiger partial charge in [-0.1, -0.05) is 23.5 Å². The molecule has 122 valence electrons. The Morgan fingerprint density at radius 2 is 2.00 bits per heavy atom. The maximum absolute atomic E-state index is 12.4. The third kappa shape index (κ3) is 3.10. The van der Waals surface area contributed by atoms with E-state index in [1.165, 1.54) is 12.8 Å². The molecule has 2 aliphatic rings. The molecule has 1 amide bonds. The maximum Gasteiger partial charge on any atom is 0.242 e. The Morgan fingerprint density at radius 3 is 2.67 bits per heavy atom. The first kappa shape index (κ1) is 15.1. The Bertz CT molecular complexity index is 790. The van der Waals surface area contributed by atoms with Crippen LogP contribution < -0.4 is 4.90 Å². The number of hydrogen-bond donors (Lipinski definition) is 0. The summed E-state index contributed by atoms with van der Waals surface area (Å²) in [7, 11) is 0. The van der Waals surface area contributed by atoms with Crippen molar-refractivity contribution in [2.75, 3.05) is 24.5 Å². The highest BCUT2D eigenvalue weighted by atomic mass is 32.1. The van der Waals surface area contributed by atoms with Crippen LogP contribution in [0.5, 0.6) is 0 Å². The van der Waals surface area contributed by atoms with Gasteiger partial charge in [-0.15, -0.1) is 10.2 Å². The number of rotatable bonds is 4. The highest BCUT2D eigenvalue weighted by molar-refractivity contribution is 7.15. The van der Waals surface area contributed by atoms with Gasteiger partial charge in [-0.25, -0.2) is 0 Å². The first-order valence-electron chi connectivity index (χ1n) is 8.08. The second-order valence-corrected chi connectivity index (χ2v) is 7.23. The van der Waals surface area contributed by atoms with Crippen LogP contribution >= 0.6 is 11.3 Å². The standard InChI is InChI=1S/C17H17N5OS/c18-9-12-1-3-13(4-2-12)10-21-7-8-22(11-15(21)23)17-20-19-16(24-17)14-5-6-14/h1-4,14H,5-8,10-11H2. The minimum absolute atomic E-state index is 0.105. The zero-order valence-corrected chi connectivity index (χ0v) is 14.0. The van der Waals surface area contributed by atoms with Crippen LogP contribution in [0.25, 0.3) is 0 Å². The topological polar surface area (TPSA) is 73.1 Å². The van der Waals surface area contributed by atoms with Gasteiger partial charge in [0.1, 0.15) is 5.01 Å². The Labute approximate surface area is 144 Å². The normalized spacial score (nSPS) is 17.9. The summed E-state index contributed by atoms with van der Waals surface area (Å²) in [4.78, 5) is 16.3. The first-order chi connectivity index (χ1) is 11.7. The van der Waals surface area contributed by atoms with Crippen LogP contribution in [0.3, 0.4) is 0 Å². The average molecular weight is 339 g/mol. The predicted octanol–water partition coefficient (Wildman–Crippen LogP) is 2.14. The van der Waals surface area contributed by atoms with Gasteiger partial charge in [-0.3, -0.25) is 4.79 Å². The van der Waals surface area contributed by atoms with Gasteiger partial charge in [-0.2, -0.15) is 5.26 Å². The van der Waals surface area contributed by atoms with E-state index in [-0.39, 0.29) is 5.91 Å². The van der Waals surface area contributed by atoms with E-state index in [9.17, 15) is 4.79 Å². The Kier molecular flexibility index (Phi) is 3.90. The minimum atomic E-state index is 0.105. The number of benzene rings is 1. The van der Waals surface area contributed by atoms with Crippen LogP contribution in [-0.2, 0) is 11.3 Å². The zero-order chi connectivity index (χ0) is 16.5. The molecular weight excluding hydrogens is 322 g/mol. The fraction of sp³-hybridized carbons (Fsp3) is 0.412. The Hall–Kier alpha value is -2.46. The van der Waals surface area contributed by atoms with Crippen LogP contribution in [0, 0.1) is 11.3 Å². The molecule has 0 spiro atoms. The fourth-order valence-electron chi connectivity index (χ4n) is 2.79. The van der Waals surface area contributed by atoms with E-state index >= 15 is 0 Å². The molecule has 2 fully saturated rings. The van der Waals surface area contributed by atoms with Crippen LogP contribution in [0.15, 0.2) is 24.3 Å². The molecule has 0 radical (unpaired) electrons. The molecule has 4 rings (SSSR count). The second-order valence-electron chi connectivity index (χ2n) is 6.24. The molecule has 1 aromatic heterocycles. The molecule has 1 aliphatic carbocycles. The van der Waals surface area contributed by atoms with Gasteiger partial charge in [0.05, 0.1) is 18.2 Å². The van der Waals surface area contributed by atoms with E-state index in [1.54, 1.807) is 23.5 Å². The number of nitriles is 1. The van der Waals surface area contributed by atoms with Crippen LogP contribution in [0.1, 0.15) is 34.9 Å². The summed E-state index contributed by atoms with van der Waals surface area (Å²) in [6.45, 7) is 2.40. The smallest absolute Gasteiger partial charge is 0.242 e. The first-order valence-corrected chi connectivity index (χ1v) is 8.90. The van der Waals surface area contributed by atoms with E-state index in [0.29, 0.717) is 31.1 Å². The van der Waals surface area contributed by atoms with Gasteiger partial charge in [0.2, 0.25) is 11.0 Å². The molecule has 6 nitrogen and oxygen atoms in total. The quantitative estimate of drug-likeness (QED) is 0.853. The number of piperazine rings is 1. The van der Waals surface area contributed by atoms with Crippen molar-refractivity contribution < 1.29 is 4.79 Å². The summed E-state index contributed by atoms with van der Waals surface area (Å²) in [5.74, 6) is 0.707. The highest BCUT2D eigenvalue weighted by Crippen LogP contribution is 2.42. The van der Waals surface area contributed by atoms with E-state index in [4.69, 9.17) is 5.26 Å². The number of nitrogens with zero attached hydrogens (tertiary/aromatic N) is 5. The van der Waals surface area contributed by atoms with Gasteiger partial charge in [-0.05, 0) is 30.5 Å². The number of anilines is 1. The van der Waals surface area contributed by atoms with Gasteiger partial charge >= 0.3 is 0 Å². The molecule has 1 saturated carbocycles. The molecule has 24 heavy (non-hydrogen) atoms. The van der Waals surface area contributed by atoms with E-state index in [1.807, 2.05) is 21.9 Å². The minimum Gasteiger partial charge on any atom is -0.336 e. The van der Waals surface area contributed by atoms with Crippen molar-refractivity contribution >= 4 is 22.4 Å². The summed E-state index contributed by atoms with van der Waals surface area (Å²) in [6.07, 6.45) is 2.43. The molecule has 0 unspecified atom stereocenters. The van der Waals surface area contributed by atoms with Crippen molar-refractivity contribution in [1.29, 1.82) is 5.26 Å². The summed E-state index contributed by atoms with van der Waals surface area (Å²) in [5.41, 5.74) is 1.68. The summed E-state index contributed by atoms with van der Waals surface area (Å²) >= 11 is 1.62. The third-order valence-electron chi connectivity index (χ3n) is 4.40. The molecule has 1 aromatic carbocycles. The lowest BCUT2D eigenvalue weighted by Gasteiger charge is -2.34.